The van der Waals surface area contributed by atoms with E-state index in [2.05, 4.69) is 36.5 Å². The highest BCUT2D eigenvalue weighted by Gasteiger charge is 2.23. The van der Waals surface area contributed by atoms with E-state index in [1.54, 1.807) is 0 Å². The van der Waals surface area contributed by atoms with E-state index in [9.17, 15) is 4.79 Å². The maximum absolute atomic E-state index is 12.3. The zero-order valence-corrected chi connectivity index (χ0v) is 12.0. The first-order valence-electron chi connectivity index (χ1n) is 7.24. The number of nitrogens with one attached hydrogen (secondary N) is 1. The quantitative estimate of drug-likeness (QED) is 0.900. The minimum absolute atomic E-state index is 0.161. The number of aryl methyl sites for hydroxylation is 1. The molecule has 0 bridgehead atoms. The maximum atomic E-state index is 12.3. The Bertz CT molecular complexity index is 407. The third-order valence-corrected chi connectivity index (χ3v) is 3.87. The summed E-state index contributed by atoms with van der Waals surface area (Å²) in [6.07, 6.45) is 3.18. The van der Waals surface area contributed by atoms with Crippen molar-refractivity contribution in [2.24, 2.45) is 5.92 Å². The van der Waals surface area contributed by atoms with Crippen molar-refractivity contribution in [1.82, 2.24) is 10.2 Å². The molecule has 1 aliphatic heterocycles. The number of piperidine rings is 1. The molecule has 1 aromatic rings. The number of carbonyl (C=O) groups excluding carboxylic acids is 1. The largest absolute Gasteiger partial charge is 0.341 e. The van der Waals surface area contributed by atoms with Gasteiger partial charge in [-0.05, 0) is 36.9 Å². The third-order valence-electron chi connectivity index (χ3n) is 3.87. The van der Waals surface area contributed by atoms with Gasteiger partial charge < -0.3 is 10.2 Å². The van der Waals surface area contributed by atoms with E-state index in [4.69, 9.17) is 0 Å². The zero-order chi connectivity index (χ0) is 13.7. The lowest BCUT2D eigenvalue weighted by molar-refractivity contribution is -0.135. The van der Waals surface area contributed by atoms with Crippen molar-refractivity contribution in [3.63, 3.8) is 0 Å². The normalized spacial score (nSPS) is 19.2. The van der Waals surface area contributed by atoms with Crippen LogP contribution in [0.2, 0.25) is 0 Å². The van der Waals surface area contributed by atoms with Crippen LogP contribution in [-0.2, 0) is 17.8 Å². The summed E-state index contributed by atoms with van der Waals surface area (Å²) < 4.78 is 0. The van der Waals surface area contributed by atoms with Crippen molar-refractivity contribution in [2.45, 2.75) is 32.7 Å². The van der Waals surface area contributed by atoms with Gasteiger partial charge in [0.2, 0.25) is 5.91 Å². The van der Waals surface area contributed by atoms with E-state index in [0.29, 0.717) is 6.54 Å². The highest BCUT2D eigenvalue weighted by molar-refractivity contribution is 5.78. The van der Waals surface area contributed by atoms with Crippen LogP contribution in [0.3, 0.4) is 0 Å². The van der Waals surface area contributed by atoms with Gasteiger partial charge >= 0.3 is 0 Å². The Morgan fingerprint density at radius 2 is 2.00 bits per heavy atom. The van der Waals surface area contributed by atoms with Crippen LogP contribution in [-0.4, -0.2) is 30.9 Å². The number of benzene rings is 1. The van der Waals surface area contributed by atoms with Gasteiger partial charge in [0.1, 0.15) is 0 Å². The summed E-state index contributed by atoms with van der Waals surface area (Å²) in [7, 11) is 1.91. The molecule has 1 N–H and O–H groups in total. The smallest absolute Gasteiger partial charge is 0.227 e. The lowest BCUT2D eigenvalue weighted by atomic mass is 9.98. The molecule has 1 fully saturated rings. The SMILES string of the molecule is CCc1ccc(CN(C)C(=O)[C@@H]2CCCNC2)cc1. The molecule has 3 heteroatoms. The first-order chi connectivity index (χ1) is 9.20. The molecule has 0 unspecified atom stereocenters. The number of hydrogen-bond acceptors (Lipinski definition) is 2. The Morgan fingerprint density at radius 1 is 1.32 bits per heavy atom. The van der Waals surface area contributed by atoms with E-state index in [1.165, 1.54) is 11.1 Å². The van der Waals surface area contributed by atoms with Gasteiger partial charge in [-0.2, -0.15) is 0 Å². The topological polar surface area (TPSA) is 32.3 Å². The fraction of sp³-hybridized carbons (Fsp3) is 0.562. The molecule has 1 heterocycles. The molecule has 0 spiro atoms. The lowest BCUT2D eigenvalue weighted by Gasteiger charge is -2.27. The van der Waals surface area contributed by atoms with Crippen LogP contribution >= 0.6 is 0 Å². The molecule has 1 saturated heterocycles. The molecular weight excluding hydrogens is 236 g/mol. The van der Waals surface area contributed by atoms with E-state index in [1.807, 2.05) is 11.9 Å². The Balaban J connectivity index is 1.91. The summed E-state index contributed by atoms with van der Waals surface area (Å²) in [6, 6.07) is 8.55. The Morgan fingerprint density at radius 3 is 2.58 bits per heavy atom. The standard InChI is InChI=1S/C16H24N2O/c1-3-13-6-8-14(9-7-13)12-18(2)16(19)15-5-4-10-17-11-15/h6-9,15,17H,3-5,10-12H2,1-2H3/t15-/m1/s1. The van der Waals surface area contributed by atoms with Crippen molar-refractivity contribution in [3.8, 4) is 0 Å². The molecular formula is C16H24N2O. The van der Waals surface area contributed by atoms with Crippen molar-refractivity contribution in [3.05, 3.63) is 35.4 Å². The van der Waals surface area contributed by atoms with Gasteiger partial charge in [0.25, 0.3) is 0 Å². The van der Waals surface area contributed by atoms with Gasteiger partial charge in [0.05, 0.1) is 5.92 Å². The minimum atomic E-state index is 0.161. The van der Waals surface area contributed by atoms with Crippen LogP contribution in [0.15, 0.2) is 24.3 Å². The summed E-state index contributed by atoms with van der Waals surface area (Å²) in [4.78, 5) is 14.2. The second kappa shape index (κ2) is 6.71. The van der Waals surface area contributed by atoms with Crippen LogP contribution in [0.1, 0.15) is 30.9 Å². The van der Waals surface area contributed by atoms with Gasteiger partial charge in [-0.1, -0.05) is 31.2 Å². The molecule has 0 saturated carbocycles. The van der Waals surface area contributed by atoms with Crippen LogP contribution in [0, 0.1) is 5.92 Å². The van der Waals surface area contributed by atoms with E-state index in [0.717, 1.165) is 32.4 Å². The molecule has 0 aromatic heterocycles. The fourth-order valence-electron chi connectivity index (χ4n) is 2.61. The molecule has 1 amide bonds. The molecule has 0 radical (unpaired) electrons. The predicted octanol–water partition coefficient (Wildman–Crippen LogP) is 2.21. The fourth-order valence-corrected chi connectivity index (χ4v) is 2.61. The van der Waals surface area contributed by atoms with Gasteiger partial charge in [-0.3, -0.25) is 4.79 Å². The first kappa shape index (κ1) is 14.1. The number of nitrogens with zero attached hydrogens (tertiary/aromatic N) is 1. The Labute approximate surface area is 116 Å². The number of amides is 1. The monoisotopic (exact) mass is 260 g/mol. The molecule has 1 atom stereocenters. The summed E-state index contributed by atoms with van der Waals surface area (Å²) in [5, 5.41) is 3.30. The minimum Gasteiger partial charge on any atom is -0.341 e. The Hall–Kier alpha value is -1.35. The van der Waals surface area contributed by atoms with Crippen molar-refractivity contribution in [1.29, 1.82) is 0 Å². The second-order valence-corrected chi connectivity index (χ2v) is 5.41. The third kappa shape index (κ3) is 3.80. The average molecular weight is 260 g/mol. The first-order valence-corrected chi connectivity index (χ1v) is 7.24. The van der Waals surface area contributed by atoms with Gasteiger partial charge in [0.15, 0.2) is 0 Å². The van der Waals surface area contributed by atoms with Crippen LogP contribution in [0.4, 0.5) is 0 Å². The summed E-state index contributed by atoms with van der Waals surface area (Å²) in [6.45, 7) is 4.74. The molecule has 2 rings (SSSR count). The molecule has 1 aromatic carbocycles. The number of rotatable bonds is 4. The molecule has 3 nitrogen and oxygen atoms in total. The lowest BCUT2D eigenvalue weighted by Crippen LogP contribution is -2.41. The highest BCUT2D eigenvalue weighted by atomic mass is 16.2. The van der Waals surface area contributed by atoms with Crippen LogP contribution < -0.4 is 5.32 Å². The molecule has 1 aliphatic rings. The van der Waals surface area contributed by atoms with Crippen molar-refractivity contribution >= 4 is 5.91 Å². The maximum Gasteiger partial charge on any atom is 0.227 e. The summed E-state index contributed by atoms with van der Waals surface area (Å²) >= 11 is 0. The zero-order valence-electron chi connectivity index (χ0n) is 12.0. The van der Waals surface area contributed by atoms with Crippen LogP contribution in [0.5, 0.6) is 0 Å². The molecule has 19 heavy (non-hydrogen) atoms. The van der Waals surface area contributed by atoms with E-state index < -0.39 is 0 Å². The van der Waals surface area contributed by atoms with E-state index >= 15 is 0 Å². The predicted molar refractivity (Wildman–Crippen MR) is 77.9 cm³/mol. The summed E-state index contributed by atoms with van der Waals surface area (Å²) in [5.41, 5.74) is 2.55. The van der Waals surface area contributed by atoms with E-state index in [-0.39, 0.29) is 11.8 Å². The second-order valence-electron chi connectivity index (χ2n) is 5.41. The van der Waals surface area contributed by atoms with Crippen molar-refractivity contribution in [2.75, 3.05) is 20.1 Å². The van der Waals surface area contributed by atoms with Gasteiger partial charge in [-0.15, -0.1) is 0 Å². The highest BCUT2D eigenvalue weighted by Crippen LogP contribution is 2.15. The molecule has 104 valence electrons. The molecule has 0 aliphatic carbocycles. The van der Waals surface area contributed by atoms with Crippen molar-refractivity contribution < 1.29 is 4.79 Å². The Kier molecular flexibility index (Phi) is 4.97. The van der Waals surface area contributed by atoms with Gasteiger partial charge in [0, 0.05) is 20.1 Å². The average Bonchev–Trinajstić information content (AvgIpc) is 2.48. The van der Waals surface area contributed by atoms with Gasteiger partial charge in [-0.25, -0.2) is 0 Å². The van der Waals surface area contributed by atoms with Crippen LogP contribution in [0.25, 0.3) is 0 Å². The summed E-state index contributed by atoms with van der Waals surface area (Å²) in [5.74, 6) is 0.431. The number of carbonyl (C=O) groups is 1. The number of hydrogen-bond donors (Lipinski definition) is 1.